The summed E-state index contributed by atoms with van der Waals surface area (Å²) in [5.41, 5.74) is 8.91. The zero-order valence-electron chi connectivity index (χ0n) is 21.2. The third-order valence-electron chi connectivity index (χ3n) is 8.19. The zero-order chi connectivity index (χ0) is 25.3. The first-order chi connectivity index (χ1) is 17.4. The molecule has 6 rings (SSSR count). The van der Waals surface area contributed by atoms with Crippen LogP contribution in [0.4, 0.5) is 0 Å². The Morgan fingerprint density at radius 1 is 1.22 bits per heavy atom. The van der Waals surface area contributed by atoms with E-state index in [9.17, 15) is 9.59 Å². The van der Waals surface area contributed by atoms with Gasteiger partial charge in [0.2, 0.25) is 5.91 Å². The lowest BCUT2D eigenvalue weighted by Crippen LogP contribution is -2.65. The van der Waals surface area contributed by atoms with Gasteiger partial charge >= 0.3 is 5.97 Å². The Hall–Kier alpha value is -2.46. The van der Waals surface area contributed by atoms with Crippen molar-refractivity contribution in [2.45, 2.75) is 50.5 Å². The molecular formula is C27H37N3O6. The van der Waals surface area contributed by atoms with Crippen molar-refractivity contribution in [3.8, 4) is 5.75 Å². The first kappa shape index (κ1) is 25.2. The molecule has 4 heterocycles. The van der Waals surface area contributed by atoms with E-state index in [-0.39, 0.29) is 30.1 Å². The van der Waals surface area contributed by atoms with E-state index in [1.165, 1.54) is 12.5 Å². The molecule has 36 heavy (non-hydrogen) atoms. The van der Waals surface area contributed by atoms with Crippen LogP contribution in [0.2, 0.25) is 0 Å². The Bertz CT molecular complexity index is 1120. The number of methoxy groups -OCH3 is 1. The molecule has 4 aliphatic rings. The molecule has 1 aromatic heterocycles. The number of ether oxygens (including phenoxy) is 4. The molecule has 4 bridgehead atoms. The molecule has 5 unspecified atom stereocenters. The Balaban J connectivity index is 1.45. The summed E-state index contributed by atoms with van der Waals surface area (Å²) in [5, 5.41) is 1.06. The van der Waals surface area contributed by atoms with Crippen LogP contribution in [0.1, 0.15) is 43.9 Å². The van der Waals surface area contributed by atoms with Crippen LogP contribution in [0.25, 0.3) is 10.9 Å². The van der Waals surface area contributed by atoms with Gasteiger partial charge in [0.25, 0.3) is 0 Å². The van der Waals surface area contributed by atoms with Gasteiger partial charge in [-0.1, -0.05) is 0 Å². The van der Waals surface area contributed by atoms with Crippen LogP contribution in [-0.4, -0.2) is 74.6 Å². The highest BCUT2D eigenvalue weighted by molar-refractivity contribution is 5.88. The maximum absolute atomic E-state index is 12.5. The average Bonchev–Trinajstić information content (AvgIpc) is 3.15. The summed E-state index contributed by atoms with van der Waals surface area (Å²) in [5.74, 6) is 0.847. The van der Waals surface area contributed by atoms with Gasteiger partial charge in [0.15, 0.2) is 0 Å². The molecule has 3 aliphatic heterocycles. The van der Waals surface area contributed by atoms with Crippen LogP contribution >= 0.6 is 0 Å². The predicted octanol–water partition coefficient (Wildman–Crippen LogP) is 2.50. The SMILES string of the molecule is COCCOCOCCC1CC2CN3CCc4c([nH]c5ccc(OC(C)=O)cc45)C(CC(N)=O)(C2)C13. The predicted molar refractivity (Wildman–Crippen MR) is 134 cm³/mol. The van der Waals surface area contributed by atoms with Crippen molar-refractivity contribution >= 4 is 22.8 Å². The molecule has 2 saturated heterocycles. The van der Waals surface area contributed by atoms with Crippen molar-refractivity contribution in [2.75, 3.05) is 46.8 Å². The topological polar surface area (TPSA) is 116 Å². The summed E-state index contributed by atoms with van der Waals surface area (Å²) < 4.78 is 21.6. The maximum atomic E-state index is 12.5. The van der Waals surface area contributed by atoms with Crippen LogP contribution in [0, 0.1) is 11.8 Å². The van der Waals surface area contributed by atoms with Crippen LogP contribution < -0.4 is 10.5 Å². The second-order valence-corrected chi connectivity index (χ2v) is 10.6. The summed E-state index contributed by atoms with van der Waals surface area (Å²) in [6.45, 7) is 5.34. The summed E-state index contributed by atoms with van der Waals surface area (Å²) in [7, 11) is 1.65. The minimum Gasteiger partial charge on any atom is -0.427 e. The number of esters is 1. The lowest BCUT2D eigenvalue weighted by Gasteiger charge is -2.59. The molecule has 1 amide bonds. The Morgan fingerprint density at radius 3 is 2.83 bits per heavy atom. The number of nitrogens with one attached hydrogen (secondary N) is 1. The molecule has 9 nitrogen and oxygen atoms in total. The number of aromatic amines is 1. The molecule has 1 aliphatic carbocycles. The Kier molecular flexibility index (Phi) is 7.35. The van der Waals surface area contributed by atoms with E-state index in [1.54, 1.807) is 7.11 Å². The summed E-state index contributed by atoms with van der Waals surface area (Å²) in [6, 6.07) is 5.94. The smallest absolute Gasteiger partial charge is 0.308 e. The highest BCUT2D eigenvalue weighted by Crippen LogP contribution is 2.56. The number of benzene rings is 1. The monoisotopic (exact) mass is 499 g/mol. The first-order valence-electron chi connectivity index (χ1n) is 12.9. The molecule has 3 N–H and O–H groups in total. The van der Waals surface area contributed by atoms with Gasteiger partial charge in [0.1, 0.15) is 12.5 Å². The van der Waals surface area contributed by atoms with Gasteiger partial charge in [-0.15, -0.1) is 0 Å². The molecule has 9 heteroatoms. The summed E-state index contributed by atoms with van der Waals surface area (Å²) in [6.07, 6.45) is 4.20. The van der Waals surface area contributed by atoms with Gasteiger partial charge in [-0.05, 0) is 61.3 Å². The van der Waals surface area contributed by atoms with Gasteiger partial charge in [0, 0.05) is 68.2 Å². The summed E-state index contributed by atoms with van der Waals surface area (Å²) in [4.78, 5) is 30.4. The van der Waals surface area contributed by atoms with Crippen LogP contribution in [-0.2, 0) is 35.6 Å². The van der Waals surface area contributed by atoms with E-state index in [2.05, 4.69) is 9.88 Å². The number of piperidine rings is 2. The third kappa shape index (κ3) is 4.77. The molecule has 1 saturated carbocycles. The minimum atomic E-state index is -0.362. The highest BCUT2D eigenvalue weighted by Gasteiger charge is 2.58. The molecule has 3 fully saturated rings. The number of carbonyl (C=O) groups excluding carboxylic acids is 2. The third-order valence-corrected chi connectivity index (χ3v) is 8.19. The second-order valence-electron chi connectivity index (χ2n) is 10.6. The molecule has 196 valence electrons. The van der Waals surface area contributed by atoms with Gasteiger partial charge in [-0.3, -0.25) is 14.5 Å². The van der Waals surface area contributed by atoms with Gasteiger partial charge in [-0.2, -0.15) is 0 Å². The highest BCUT2D eigenvalue weighted by atomic mass is 16.7. The number of amides is 1. The number of hydrogen-bond donors (Lipinski definition) is 2. The van der Waals surface area contributed by atoms with E-state index in [0.717, 1.165) is 55.4 Å². The molecule has 0 spiro atoms. The first-order valence-corrected chi connectivity index (χ1v) is 12.9. The number of fused-ring (bicyclic) bond motifs is 4. The lowest BCUT2D eigenvalue weighted by molar-refractivity contribution is -0.132. The average molecular weight is 500 g/mol. The minimum absolute atomic E-state index is 0.218. The van der Waals surface area contributed by atoms with Crippen molar-refractivity contribution in [1.82, 2.24) is 9.88 Å². The van der Waals surface area contributed by atoms with E-state index in [4.69, 9.17) is 24.7 Å². The fraction of sp³-hybridized carbons (Fsp3) is 0.630. The van der Waals surface area contributed by atoms with Crippen molar-refractivity contribution in [3.63, 3.8) is 0 Å². The van der Waals surface area contributed by atoms with Crippen molar-refractivity contribution < 1.29 is 28.5 Å². The molecule has 0 radical (unpaired) electrons. The van der Waals surface area contributed by atoms with E-state index in [0.29, 0.717) is 43.8 Å². The van der Waals surface area contributed by atoms with Crippen LogP contribution in [0.5, 0.6) is 5.75 Å². The number of aromatic nitrogens is 1. The van der Waals surface area contributed by atoms with Crippen LogP contribution in [0.3, 0.4) is 0 Å². The second kappa shape index (κ2) is 10.5. The number of nitrogens with two attached hydrogens (primary N) is 1. The van der Waals surface area contributed by atoms with Gasteiger partial charge in [0.05, 0.1) is 13.2 Å². The summed E-state index contributed by atoms with van der Waals surface area (Å²) >= 11 is 0. The van der Waals surface area contributed by atoms with Crippen LogP contribution in [0.15, 0.2) is 18.2 Å². The van der Waals surface area contributed by atoms with E-state index >= 15 is 0 Å². The maximum Gasteiger partial charge on any atom is 0.308 e. The number of carbonyl (C=O) groups is 2. The zero-order valence-corrected chi connectivity index (χ0v) is 21.2. The number of rotatable bonds is 11. The fourth-order valence-electron chi connectivity index (χ4n) is 7.24. The Labute approximate surface area is 211 Å². The molecule has 5 atom stereocenters. The fourth-order valence-corrected chi connectivity index (χ4v) is 7.24. The Morgan fingerprint density at radius 2 is 2.06 bits per heavy atom. The van der Waals surface area contributed by atoms with Crippen molar-refractivity contribution in [1.29, 1.82) is 0 Å². The largest absolute Gasteiger partial charge is 0.427 e. The molecule has 2 aromatic rings. The number of nitrogens with zero attached hydrogens (tertiary/aromatic N) is 1. The van der Waals surface area contributed by atoms with E-state index in [1.807, 2.05) is 18.2 Å². The number of primary amides is 1. The normalized spacial score (nSPS) is 28.6. The standard InChI is InChI=1S/C27H37N3O6/c1-17(31)36-20-3-4-23-22(12-20)21-5-7-30-15-18-11-19(6-8-34-16-35-10-9-33-2)26(30)27(13-18,14-24(28)32)25(21)29-23/h3-4,12,18-19,26,29H,5-11,13-16H2,1-2H3,(H2,28,32). The lowest BCUT2D eigenvalue weighted by atomic mass is 9.55. The molecular weight excluding hydrogens is 462 g/mol. The van der Waals surface area contributed by atoms with Gasteiger partial charge in [-0.25, -0.2) is 0 Å². The van der Waals surface area contributed by atoms with Crippen molar-refractivity contribution in [2.24, 2.45) is 17.6 Å². The van der Waals surface area contributed by atoms with E-state index < -0.39 is 0 Å². The van der Waals surface area contributed by atoms with Gasteiger partial charge < -0.3 is 29.7 Å². The van der Waals surface area contributed by atoms with Crippen molar-refractivity contribution in [3.05, 3.63) is 29.5 Å². The molecule has 1 aromatic carbocycles. The number of H-pyrrole nitrogens is 1. The number of hydrogen-bond acceptors (Lipinski definition) is 7. The quantitative estimate of drug-likeness (QED) is 0.211.